The van der Waals surface area contributed by atoms with Crippen LogP contribution < -0.4 is 18.9 Å². The van der Waals surface area contributed by atoms with Crippen LogP contribution in [-0.2, 0) is 0 Å². The van der Waals surface area contributed by atoms with Gasteiger partial charge in [0.25, 0.3) is 0 Å². The summed E-state index contributed by atoms with van der Waals surface area (Å²) in [6, 6.07) is 0. The average molecular weight is 117 g/mol. The zero-order valence-electron chi connectivity index (χ0n) is 4.41. The van der Waals surface area contributed by atoms with Crippen molar-refractivity contribution in [1.82, 2.24) is 0 Å². The molecule has 0 N–H and O–H groups in total. The second-order valence-corrected chi connectivity index (χ2v) is 2.12. The molecule has 0 rings (SSSR count). The minimum atomic E-state index is 0. The Kier molecular flexibility index (Phi) is 19.9. The Morgan fingerprint density at radius 3 is 1.50 bits per heavy atom. The summed E-state index contributed by atoms with van der Waals surface area (Å²) in [6.07, 6.45) is 0. The van der Waals surface area contributed by atoms with Gasteiger partial charge in [0.2, 0.25) is 0 Å². The minimum Gasteiger partial charge on any atom is -1.00 e. The molecule has 0 aliphatic rings. The maximum atomic E-state index is 2.19. The van der Waals surface area contributed by atoms with Gasteiger partial charge in [-0.1, -0.05) is 0 Å². The van der Waals surface area contributed by atoms with Gasteiger partial charge >= 0.3 is 45.5 Å². The van der Waals surface area contributed by atoms with Crippen LogP contribution in [0.5, 0.6) is 0 Å². The van der Waals surface area contributed by atoms with Crippen molar-refractivity contribution in [3.8, 4) is 0 Å². The second kappa shape index (κ2) is 8.93. The number of hydrogen-bond acceptors (Lipinski definition) is 0. The fourth-order valence-electron chi connectivity index (χ4n) is 0. The second-order valence-electron chi connectivity index (χ2n) is 0.408. The maximum Gasteiger partial charge on any atom is 1.00 e. The number of rotatable bonds is 0. The van der Waals surface area contributed by atoms with E-state index in [1.165, 1.54) is 0 Å². The van der Waals surface area contributed by atoms with Crippen molar-refractivity contribution in [3.05, 3.63) is 0 Å². The minimum absolute atomic E-state index is 0. The first-order chi connectivity index (χ1) is 1.41. The molecule has 0 radical (unpaired) electrons. The molecule has 0 heterocycles. The van der Waals surface area contributed by atoms with Gasteiger partial charge in [-0.05, 0) is 0 Å². The molecule has 0 aromatic carbocycles. The molecule has 0 unspecified atom stereocenters. The third-order valence-electron chi connectivity index (χ3n) is 0. The van der Waals surface area contributed by atoms with E-state index in [9.17, 15) is 0 Å². The van der Waals surface area contributed by atoms with Crippen LogP contribution in [0.4, 0.5) is 0 Å². The molecule has 0 amide bonds. The average Bonchev–Trinajstić information content (AvgIpc) is 0.918. The summed E-state index contributed by atoms with van der Waals surface area (Å²) in [7, 11) is 0. The fourth-order valence-corrected chi connectivity index (χ4v) is 0. The molecule has 0 saturated carbocycles. The van der Waals surface area contributed by atoms with Gasteiger partial charge < -0.3 is 1.43 Å². The van der Waals surface area contributed by atoms with E-state index in [1.54, 1.807) is 0 Å². The smallest absolute Gasteiger partial charge is 1.00 e. The standard InChI is InChI=1S/C2H6Se.Li.H/c1-3-2;;/h1-2H3;;/q;+1;-1. The third kappa shape index (κ3) is 11.2. The van der Waals surface area contributed by atoms with Crippen molar-refractivity contribution >= 4 is 15.0 Å². The van der Waals surface area contributed by atoms with E-state index in [1.807, 2.05) is 0 Å². The molecule has 0 spiro atoms. The SMILES string of the molecule is C[Se]C.[H-].[Li+]. The van der Waals surface area contributed by atoms with Gasteiger partial charge in [-0.2, -0.15) is 0 Å². The molecule has 0 aromatic heterocycles. The van der Waals surface area contributed by atoms with E-state index in [0.717, 1.165) is 15.0 Å². The first kappa shape index (κ1) is 8.93. The van der Waals surface area contributed by atoms with Crippen LogP contribution in [0.2, 0.25) is 11.6 Å². The van der Waals surface area contributed by atoms with Gasteiger partial charge in [0.1, 0.15) is 0 Å². The van der Waals surface area contributed by atoms with Crippen molar-refractivity contribution in [2.75, 3.05) is 0 Å². The Morgan fingerprint density at radius 2 is 1.50 bits per heavy atom. The summed E-state index contributed by atoms with van der Waals surface area (Å²) in [5, 5.41) is 0. The summed E-state index contributed by atoms with van der Waals surface area (Å²) >= 11 is 0.875. The first-order valence-corrected chi connectivity index (χ1v) is 4.24. The molecule has 0 aliphatic heterocycles. The molecule has 22 valence electrons. The summed E-state index contributed by atoms with van der Waals surface area (Å²) in [5.41, 5.74) is 0. The van der Waals surface area contributed by atoms with Crippen molar-refractivity contribution < 1.29 is 20.3 Å². The van der Waals surface area contributed by atoms with Crippen LogP contribution in [0.15, 0.2) is 0 Å². The van der Waals surface area contributed by atoms with Crippen LogP contribution in [-0.4, -0.2) is 15.0 Å². The van der Waals surface area contributed by atoms with Crippen molar-refractivity contribution in [3.63, 3.8) is 0 Å². The normalized spacial score (nSPS) is 4.50. The maximum absolute atomic E-state index is 2.19. The Morgan fingerprint density at radius 1 is 1.50 bits per heavy atom. The topological polar surface area (TPSA) is 0 Å². The molecule has 0 saturated heterocycles. The molecule has 4 heavy (non-hydrogen) atoms. The van der Waals surface area contributed by atoms with Gasteiger partial charge in [0.05, 0.1) is 0 Å². The van der Waals surface area contributed by atoms with Crippen molar-refractivity contribution in [2.24, 2.45) is 0 Å². The number of hydrogen-bond donors (Lipinski definition) is 0. The van der Waals surface area contributed by atoms with Gasteiger partial charge in [-0.15, -0.1) is 0 Å². The molecule has 0 nitrogen and oxygen atoms in total. The fraction of sp³-hybridized carbons (Fsp3) is 1.00. The Bertz CT molecular complexity index is 9.61. The van der Waals surface area contributed by atoms with Gasteiger partial charge in [0.15, 0.2) is 0 Å². The van der Waals surface area contributed by atoms with E-state index in [2.05, 4.69) is 11.6 Å². The van der Waals surface area contributed by atoms with Crippen LogP contribution >= 0.6 is 0 Å². The van der Waals surface area contributed by atoms with Crippen molar-refractivity contribution in [2.45, 2.75) is 11.6 Å². The molecule has 2 heteroatoms. The molecule has 0 bridgehead atoms. The van der Waals surface area contributed by atoms with Crippen LogP contribution in [0.1, 0.15) is 1.43 Å². The van der Waals surface area contributed by atoms with Gasteiger partial charge in [-0.25, -0.2) is 0 Å². The molecule has 0 aliphatic carbocycles. The largest absolute Gasteiger partial charge is 1.00 e. The summed E-state index contributed by atoms with van der Waals surface area (Å²) in [6.45, 7) is 0. The van der Waals surface area contributed by atoms with Crippen LogP contribution in [0, 0.1) is 0 Å². The predicted molar refractivity (Wildman–Crippen MR) is 18.6 cm³/mol. The van der Waals surface area contributed by atoms with Gasteiger partial charge in [0, 0.05) is 0 Å². The summed E-state index contributed by atoms with van der Waals surface area (Å²) in [4.78, 5) is 0. The molecule has 0 fully saturated rings. The first-order valence-electron chi connectivity index (χ1n) is 0.816. The van der Waals surface area contributed by atoms with Crippen LogP contribution in [0.25, 0.3) is 0 Å². The molecule has 0 atom stereocenters. The van der Waals surface area contributed by atoms with E-state index >= 15 is 0 Å². The monoisotopic (exact) mass is 118 g/mol. The molecular formula is C2H7LiSe. The molecule has 0 aromatic rings. The summed E-state index contributed by atoms with van der Waals surface area (Å²) < 4.78 is 0. The summed E-state index contributed by atoms with van der Waals surface area (Å²) in [5.74, 6) is 4.38. The van der Waals surface area contributed by atoms with Crippen LogP contribution in [0.3, 0.4) is 0 Å². The van der Waals surface area contributed by atoms with E-state index < -0.39 is 0 Å². The zero-order valence-corrected chi connectivity index (χ0v) is 5.12. The van der Waals surface area contributed by atoms with E-state index in [-0.39, 0.29) is 20.3 Å². The third-order valence-corrected chi connectivity index (χ3v) is 0. The zero-order chi connectivity index (χ0) is 2.71. The van der Waals surface area contributed by atoms with E-state index in [0.29, 0.717) is 0 Å². The Labute approximate surface area is 47.2 Å². The van der Waals surface area contributed by atoms with Gasteiger partial charge in [-0.3, -0.25) is 0 Å². The van der Waals surface area contributed by atoms with Crippen molar-refractivity contribution in [1.29, 1.82) is 0 Å². The Balaban J connectivity index is -0.0000000200. The predicted octanol–water partition coefficient (Wildman–Crippen LogP) is -2.10. The Hall–Kier alpha value is 1.12. The quantitative estimate of drug-likeness (QED) is 0.319. The van der Waals surface area contributed by atoms with E-state index in [4.69, 9.17) is 0 Å². The molecular weight excluding hydrogens is 110 g/mol.